The molecule has 1 amide bonds. The van der Waals surface area contributed by atoms with E-state index >= 15 is 0 Å². The Balaban J connectivity index is 2.04. The number of amides is 1. The van der Waals surface area contributed by atoms with Gasteiger partial charge in [-0.05, 0) is 29.8 Å². The zero-order valence-corrected chi connectivity index (χ0v) is 11.5. The van der Waals surface area contributed by atoms with E-state index in [0.29, 0.717) is 12.4 Å². The van der Waals surface area contributed by atoms with Gasteiger partial charge in [0.05, 0.1) is 6.21 Å². The molecule has 0 heterocycles. The monoisotopic (exact) mass is 286 g/mol. The molecule has 4 nitrogen and oxygen atoms in total. The van der Waals surface area contributed by atoms with Crippen molar-refractivity contribution in [2.45, 2.75) is 13.5 Å². The smallest absolute Gasteiger partial charge is 0.236 e. The van der Waals surface area contributed by atoms with Crippen molar-refractivity contribution in [2.75, 3.05) is 0 Å². The number of nitrogens with one attached hydrogen (secondary N) is 1. The molecular formula is C16H15FN2O2. The van der Waals surface area contributed by atoms with Crippen molar-refractivity contribution in [3.8, 4) is 5.75 Å². The van der Waals surface area contributed by atoms with Crippen LogP contribution in [0.15, 0.2) is 53.6 Å². The molecule has 0 aliphatic carbocycles. The maximum Gasteiger partial charge on any atom is 0.236 e. The topological polar surface area (TPSA) is 50.7 Å². The minimum atomic E-state index is -0.276. The van der Waals surface area contributed by atoms with Gasteiger partial charge in [0.25, 0.3) is 0 Å². The lowest BCUT2D eigenvalue weighted by atomic mass is 10.2. The second kappa shape index (κ2) is 7.19. The maximum absolute atomic E-state index is 12.8. The highest BCUT2D eigenvalue weighted by atomic mass is 19.1. The average molecular weight is 286 g/mol. The molecule has 2 aromatic carbocycles. The number of carbonyl (C=O) groups excluding carboxylic acids is 1. The highest BCUT2D eigenvalue weighted by molar-refractivity contribution is 5.84. The number of nitrogens with zero attached hydrogens (tertiary/aromatic N) is 1. The third-order valence-corrected chi connectivity index (χ3v) is 2.65. The Bertz CT molecular complexity index is 639. The fourth-order valence-corrected chi connectivity index (χ4v) is 1.65. The lowest BCUT2D eigenvalue weighted by Gasteiger charge is -2.09. The summed E-state index contributed by atoms with van der Waals surface area (Å²) in [6.45, 7) is 1.71. The average Bonchev–Trinajstić information content (AvgIpc) is 2.47. The van der Waals surface area contributed by atoms with Crippen LogP contribution in [-0.4, -0.2) is 12.1 Å². The van der Waals surface area contributed by atoms with Gasteiger partial charge in [0.15, 0.2) is 0 Å². The molecule has 0 aromatic heterocycles. The van der Waals surface area contributed by atoms with Crippen molar-refractivity contribution in [1.82, 2.24) is 5.43 Å². The summed E-state index contributed by atoms with van der Waals surface area (Å²) in [5.41, 5.74) is 3.94. The first kappa shape index (κ1) is 14.7. The predicted octanol–water partition coefficient (Wildman–Crippen LogP) is 2.87. The van der Waals surface area contributed by atoms with Crippen molar-refractivity contribution in [3.63, 3.8) is 0 Å². The van der Waals surface area contributed by atoms with Crippen LogP contribution in [0.3, 0.4) is 0 Å². The molecule has 0 radical (unpaired) electrons. The van der Waals surface area contributed by atoms with E-state index in [1.165, 1.54) is 25.3 Å². The van der Waals surface area contributed by atoms with Crippen molar-refractivity contribution in [3.05, 3.63) is 65.5 Å². The van der Waals surface area contributed by atoms with Gasteiger partial charge in [-0.25, -0.2) is 9.82 Å². The number of benzene rings is 2. The summed E-state index contributed by atoms with van der Waals surface area (Å²) in [6, 6.07) is 13.4. The third-order valence-electron chi connectivity index (χ3n) is 2.65. The summed E-state index contributed by atoms with van der Waals surface area (Å²) >= 11 is 0. The molecule has 0 aliphatic rings. The van der Waals surface area contributed by atoms with Crippen LogP contribution in [0.25, 0.3) is 0 Å². The molecule has 0 unspecified atom stereocenters. The first-order valence-corrected chi connectivity index (χ1v) is 6.41. The summed E-state index contributed by atoms with van der Waals surface area (Å²) in [5.74, 6) is 0.119. The summed E-state index contributed by atoms with van der Waals surface area (Å²) in [6.07, 6.45) is 1.52. The van der Waals surface area contributed by atoms with Crippen molar-refractivity contribution < 1.29 is 13.9 Å². The van der Waals surface area contributed by atoms with Crippen LogP contribution >= 0.6 is 0 Å². The Kier molecular flexibility index (Phi) is 5.04. The molecule has 2 rings (SSSR count). The summed E-state index contributed by atoms with van der Waals surface area (Å²) in [5, 5.41) is 3.81. The zero-order chi connectivity index (χ0) is 15.1. The highest BCUT2D eigenvalue weighted by Crippen LogP contribution is 2.17. The van der Waals surface area contributed by atoms with Gasteiger partial charge in [0, 0.05) is 12.5 Å². The minimum absolute atomic E-state index is 0.240. The van der Waals surface area contributed by atoms with Crippen LogP contribution in [0, 0.1) is 5.82 Å². The second-order valence-electron chi connectivity index (χ2n) is 4.38. The zero-order valence-electron chi connectivity index (χ0n) is 11.5. The van der Waals surface area contributed by atoms with Crippen LogP contribution in [-0.2, 0) is 11.4 Å². The molecule has 108 valence electrons. The summed E-state index contributed by atoms with van der Waals surface area (Å²) < 4.78 is 18.5. The van der Waals surface area contributed by atoms with E-state index in [0.717, 1.165) is 11.1 Å². The van der Waals surface area contributed by atoms with Gasteiger partial charge in [0.1, 0.15) is 18.2 Å². The van der Waals surface area contributed by atoms with E-state index in [9.17, 15) is 9.18 Å². The number of hydrogen-bond donors (Lipinski definition) is 1. The lowest BCUT2D eigenvalue weighted by Crippen LogP contribution is -2.12. The second-order valence-corrected chi connectivity index (χ2v) is 4.38. The molecule has 0 aliphatic heterocycles. The first-order valence-electron chi connectivity index (χ1n) is 6.41. The standard InChI is InChI=1S/C16H15FN2O2/c1-12(20)19-18-10-14-4-2-3-5-16(14)21-11-13-6-8-15(17)9-7-13/h2-10H,11H2,1H3,(H,19,20)/b18-10-. The summed E-state index contributed by atoms with van der Waals surface area (Å²) in [7, 11) is 0. The Morgan fingerprint density at radius 2 is 1.95 bits per heavy atom. The number of carbonyl (C=O) groups is 1. The van der Waals surface area contributed by atoms with E-state index in [1.54, 1.807) is 18.2 Å². The van der Waals surface area contributed by atoms with Crippen LogP contribution < -0.4 is 10.2 Å². The number of para-hydroxylation sites is 1. The molecular weight excluding hydrogens is 271 g/mol. The molecule has 0 saturated heterocycles. The molecule has 0 spiro atoms. The molecule has 0 bridgehead atoms. The van der Waals surface area contributed by atoms with Crippen LogP contribution in [0.1, 0.15) is 18.1 Å². The van der Waals surface area contributed by atoms with Crippen LogP contribution in [0.5, 0.6) is 5.75 Å². The Morgan fingerprint density at radius 3 is 2.67 bits per heavy atom. The predicted molar refractivity (Wildman–Crippen MR) is 78.6 cm³/mol. The molecule has 0 atom stereocenters. The Labute approximate surface area is 122 Å². The van der Waals surface area contributed by atoms with Gasteiger partial charge in [-0.1, -0.05) is 24.3 Å². The van der Waals surface area contributed by atoms with Gasteiger partial charge in [-0.15, -0.1) is 0 Å². The molecule has 1 N–H and O–H groups in total. The van der Waals surface area contributed by atoms with E-state index < -0.39 is 0 Å². The van der Waals surface area contributed by atoms with Crippen molar-refractivity contribution >= 4 is 12.1 Å². The number of halogens is 1. The van der Waals surface area contributed by atoms with Crippen LogP contribution in [0.4, 0.5) is 4.39 Å². The molecule has 0 fully saturated rings. The Morgan fingerprint density at radius 1 is 1.24 bits per heavy atom. The van der Waals surface area contributed by atoms with E-state index in [4.69, 9.17) is 4.74 Å². The fraction of sp³-hybridized carbons (Fsp3) is 0.125. The molecule has 2 aromatic rings. The highest BCUT2D eigenvalue weighted by Gasteiger charge is 2.02. The number of ether oxygens (including phenoxy) is 1. The normalized spacial score (nSPS) is 10.6. The van der Waals surface area contributed by atoms with E-state index in [1.807, 2.05) is 18.2 Å². The van der Waals surface area contributed by atoms with Gasteiger partial charge in [0.2, 0.25) is 5.91 Å². The SMILES string of the molecule is CC(=O)N/N=C\c1ccccc1OCc1ccc(F)cc1. The van der Waals surface area contributed by atoms with E-state index in [-0.39, 0.29) is 11.7 Å². The fourth-order valence-electron chi connectivity index (χ4n) is 1.65. The van der Waals surface area contributed by atoms with Crippen LogP contribution in [0.2, 0.25) is 0 Å². The maximum atomic E-state index is 12.8. The number of hydrazone groups is 1. The quantitative estimate of drug-likeness (QED) is 0.678. The van der Waals surface area contributed by atoms with Crippen molar-refractivity contribution in [2.24, 2.45) is 5.10 Å². The van der Waals surface area contributed by atoms with Gasteiger partial charge < -0.3 is 4.74 Å². The molecule has 21 heavy (non-hydrogen) atoms. The summed E-state index contributed by atoms with van der Waals surface area (Å²) in [4.78, 5) is 10.8. The molecule has 5 heteroatoms. The largest absolute Gasteiger partial charge is 0.488 e. The van der Waals surface area contributed by atoms with E-state index in [2.05, 4.69) is 10.5 Å². The lowest BCUT2D eigenvalue weighted by molar-refractivity contribution is -0.118. The minimum Gasteiger partial charge on any atom is -0.488 e. The third kappa shape index (κ3) is 4.72. The first-order chi connectivity index (χ1) is 10.1. The Hall–Kier alpha value is -2.69. The van der Waals surface area contributed by atoms with Crippen molar-refractivity contribution in [1.29, 1.82) is 0 Å². The van der Waals surface area contributed by atoms with Gasteiger partial charge >= 0.3 is 0 Å². The number of hydrogen-bond acceptors (Lipinski definition) is 3. The van der Waals surface area contributed by atoms with Gasteiger partial charge in [-0.2, -0.15) is 5.10 Å². The number of rotatable bonds is 5. The molecule has 0 saturated carbocycles. The van der Waals surface area contributed by atoms with Gasteiger partial charge in [-0.3, -0.25) is 4.79 Å².